The van der Waals surface area contributed by atoms with Crippen molar-refractivity contribution in [3.8, 4) is 12.1 Å². The molecule has 386 valence electrons. The van der Waals surface area contributed by atoms with Gasteiger partial charge in [-0.15, -0.1) is 0 Å². The second-order valence-electron chi connectivity index (χ2n) is 19.6. The molecule has 72 heavy (non-hydrogen) atoms. The molecule has 0 bridgehead atoms. The van der Waals surface area contributed by atoms with Crippen LogP contribution in [0.1, 0.15) is 169 Å². The Morgan fingerprint density at radius 3 is 0.681 bits per heavy atom. The number of anilines is 10. The number of benzene rings is 5. The molecule has 0 fully saturated rings. The fourth-order valence-corrected chi connectivity index (χ4v) is 9.51. The Kier molecular flexibility index (Phi) is 24.7. The average Bonchev–Trinajstić information content (AvgIpc) is 3.42. The second-order valence-corrected chi connectivity index (χ2v) is 19.6. The van der Waals surface area contributed by atoms with Crippen molar-refractivity contribution in [2.45, 2.75) is 158 Å². The first-order chi connectivity index (χ1) is 35.3. The van der Waals surface area contributed by atoms with Gasteiger partial charge in [-0.25, -0.2) is 0 Å². The smallest absolute Gasteiger partial charge is 0.101 e. The fraction of sp³-hybridized carbons (Fsp3) is 0.500. The van der Waals surface area contributed by atoms with Gasteiger partial charge in [0.1, 0.15) is 12.1 Å². The zero-order chi connectivity index (χ0) is 51.5. The first-order valence-electron chi connectivity index (χ1n) is 28.3. The van der Waals surface area contributed by atoms with Gasteiger partial charge in [0.15, 0.2) is 0 Å². The van der Waals surface area contributed by atoms with E-state index in [1.54, 1.807) is 0 Å². The molecule has 0 spiro atoms. The molecule has 0 saturated heterocycles. The van der Waals surface area contributed by atoms with Gasteiger partial charge >= 0.3 is 0 Å². The molecule has 0 radical (unpaired) electrons. The molecule has 8 nitrogen and oxygen atoms in total. The molecule has 0 amide bonds. The van der Waals surface area contributed by atoms with Crippen LogP contribution in [0.3, 0.4) is 0 Å². The van der Waals surface area contributed by atoms with Gasteiger partial charge < -0.3 is 29.4 Å². The van der Waals surface area contributed by atoms with Gasteiger partial charge in [0.05, 0.1) is 22.5 Å². The van der Waals surface area contributed by atoms with Gasteiger partial charge in [-0.1, -0.05) is 107 Å². The summed E-state index contributed by atoms with van der Waals surface area (Å²) in [4.78, 5) is 14.5. The quantitative estimate of drug-likeness (QED) is 0.0404. The predicted molar refractivity (Wildman–Crippen MR) is 313 cm³/mol. The van der Waals surface area contributed by atoms with Gasteiger partial charge in [-0.05, 0) is 161 Å². The largest absolute Gasteiger partial charge is 0.372 e. The van der Waals surface area contributed by atoms with Crippen LogP contribution in [-0.2, 0) is 0 Å². The molecule has 0 aliphatic rings. The maximum Gasteiger partial charge on any atom is 0.101 e. The van der Waals surface area contributed by atoms with Gasteiger partial charge in [0.2, 0.25) is 0 Å². The van der Waals surface area contributed by atoms with E-state index in [1.807, 2.05) is 0 Å². The highest BCUT2D eigenvalue weighted by atomic mass is 15.2. The highest BCUT2D eigenvalue weighted by Crippen LogP contribution is 2.43. The summed E-state index contributed by atoms with van der Waals surface area (Å²) in [6.45, 7) is 26.0. The zero-order valence-corrected chi connectivity index (χ0v) is 45.9. The van der Waals surface area contributed by atoms with Gasteiger partial charge in [0.25, 0.3) is 0 Å². The SMILES string of the molecule is CCCCN(CCCC)c1ccc(N(c2ccc(N(c3ccc(N(CCCC)CCCC)cc3)c3ccc(N(CCCC)CCCC)cc3C#N)cc2)c2ccc(N(CCCC)CCCC)cc2C#N)cc1. The van der Waals surface area contributed by atoms with Crippen molar-refractivity contribution < 1.29 is 0 Å². The Balaban J connectivity index is 1.67. The van der Waals surface area contributed by atoms with Crippen molar-refractivity contribution >= 4 is 56.9 Å². The predicted octanol–water partition coefficient (Wildman–Crippen LogP) is 18.0. The number of hydrogen-bond donors (Lipinski definition) is 0. The minimum atomic E-state index is 0.644. The highest BCUT2D eigenvalue weighted by molar-refractivity contribution is 5.86. The number of nitriles is 2. The van der Waals surface area contributed by atoms with E-state index >= 15 is 0 Å². The van der Waals surface area contributed by atoms with Crippen molar-refractivity contribution in [2.24, 2.45) is 0 Å². The average molecular weight is 971 g/mol. The Bertz CT molecular complexity index is 2180. The van der Waals surface area contributed by atoms with Crippen LogP contribution >= 0.6 is 0 Å². The third-order valence-corrected chi connectivity index (χ3v) is 14.0. The molecule has 0 saturated carbocycles. The van der Waals surface area contributed by atoms with Gasteiger partial charge in [0, 0.05) is 97.9 Å². The van der Waals surface area contributed by atoms with Crippen LogP contribution in [-0.4, -0.2) is 52.4 Å². The lowest BCUT2D eigenvalue weighted by Gasteiger charge is -2.31. The van der Waals surface area contributed by atoms with Crippen LogP contribution in [0.25, 0.3) is 0 Å². The van der Waals surface area contributed by atoms with Crippen LogP contribution in [0, 0.1) is 22.7 Å². The van der Waals surface area contributed by atoms with Crippen molar-refractivity contribution in [3.63, 3.8) is 0 Å². The molecule has 0 heterocycles. The van der Waals surface area contributed by atoms with E-state index in [9.17, 15) is 10.5 Å². The van der Waals surface area contributed by atoms with Crippen LogP contribution in [0.15, 0.2) is 109 Å². The van der Waals surface area contributed by atoms with E-state index in [-0.39, 0.29) is 0 Å². The summed E-state index contributed by atoms with van der Waals surface area (Å²) >= 11 is 0. The summed E-state index contributed by atoms with van der Waals surface area (Å²) in [5, 5.41) is 21.9. The summed E-state index contributed by atoms with van der Waals surface area (Å²) in [5.41, 5.74) is 11.5. The fourth-order valence-electron chi connectivity index (χ4n) is 9.51. The zero-order valence-electron chi connectivity index (χ0n) is 45.9. The van der Waals surface area contributed by atoms with Crippen LogP contribution in [0.2, 0.25) is 0 Å². The van der Waals surface area contributed by atoms with Crippen LogP contribution in [0.5, 0.6) is 0 Å². The summed E-state index contributed by atoms with van der Waals surface area (Å²) in [5.74, 6) is 0. The first-order valence-corrected chi connectivity index (χ1v) is 28.3. The molecule has 0 atom stereocenters. The van der Waals surface area contributed by atoms with E-state index in [4.69, 9.17) is 0 Å². The summed E-state index contributed by atoms with van der Waals surface area (Å²) in [6.07, 6.45) is 18.2. The van der Waals surface area contributed by atoms with Gasteiger partial charge in [-0.2, -0.15) is 10.5 Å². The molecule has 0 aliphatic carbocycles. The summed E-state index contributed by atoms with van der Waals surface area (Å²) in [7, 11) is 0. The number of rotatable bonds is 34. The molecule has 5 rings (SSSR count). The van der Waals surface area contributed by atoms with Crippen molar-refractivity contribution in [3.05, 3.63) is 120 Å². The second kappa shape index (κ2) is 31.4. The Hall–Kier alpha value is -6.12. The van der Waals surface area contributed by atoms with E-state index in [0.717, 1.165) is 201 Å². The molecule has 0 aliphatic heterocycles. The highest BCUT2D eigenvalue weighted by Gasteiger charge is 2.23. The monoisotopic (exact) mass is 971 g/mol. The standard InChI is InChI=1S/C64H90N8/c1-9-17-41-67(42-18-10-2)55-25-29-57(30-26-55)71(63-39-37-61(49-53(63)51-65)69(45-21-13-5)46-22-14-6)59-33-35-60(36-34-59)72(58-31-27-56(28-32-58)68(43-19-11-3)44-20-12-4)64-40-38-62(50-54(64)52-66)70(47-23-15-7)48-24-16-8/h25-40,49-50H,9-24,41-48H2,1-8H3. The number of hydrogen-bond acceptors (Lipinski definition) is 8. The molecule has 0 N–H and O–H groups in total. The lowest BCUT2D eigenvalue weighted by atomic mass is 10.1. The van der Waals surface area contributed by atoms with E-state index in [0.29, 0.717) is 11.1 Å². The molecular formula is C64H90N8. The van der Waals surface area contributed by atoms with Crippen LogP contribution < -0.4 is 29.4 Å². The maximum absolute atomic E-state index is 11.0. The van der Waals surface area contributed by atoms with Crippen molar-refractivity contribution in [2.75, 3.05) is 81.8 Å². The topological polar surface area (TPSA) is 67.0 Å². The summed E-state index contributed by atoms with van der Waals surface area (Å²) in [6, 6.07) is 44.8. The Labute approximate surface area is 437 Å². The Morgan fingerprint density at radius 2 is 0.472 bits per heavy atom. The van der Waals surface area contributed by atoms with Crippen LogP contribution in [0.4, 0.5) is 56.9 Å². The van der Waals surface area contributed by atoms with E-state index < -0.39 is 0 Å². The lowest BCUT2D eigenvalue weighted by molar-refractivity contribution is 0.678. The maximum atomic E-state index is 11.0. The van der Waals surface area contributed by atoms with Gasteiger partial charge in [-0.3, -0.25) is 0 Å². The van der Waals surface area contributed by atoms with Crippen molar-refractivity contribution in [1.29, 1.82) is 10.5 Å². The number of nitrogens with zero attached hydrogens (tertiary/aromatic N) is 8. The van der Waals surface area contributed by atoms with Crippen molar-refractivity contribution in [1.82, 2.24) is 0 Å². The third kappa shape index (κ3) is 15.9. The molecule has 5 aromatic rings. The minimum absolute atomic E-state index is 0.644. The first kappa shape index (κ1) is 56.8. The summed E-state index contributed by atoms with van der Waals surface area (Å²) < 4.78 is 0. The van der Waals surface area contributed by atoms with E-state index in [1.165, 1.54) is 11.4 Å². The molecular weight excluding hydrogens is 881 g/mol. The lowest BCUT2D eigenvalue weighted by Crippen LogP contribution is -2.26. The number of unbranched alkanes of at least 4 members (excludes halogenated alkanes) is 8. The Morgan fingerprint density at radius 1 is 0.278 bits per heavy atom. The molecule has 8 heteroatoms. The molecule has 5 aromatic carbocycles. The molecule has 0 unspecified atom stereocenters. The van der Waals surface area contributed by atoms with E-state index in [2.05, 4.69) is 206 Å². The third-order valence-electron chi connectivity index (χ3n) is 14.0. The molecule has 0 aromatic heterocycles. The normalized spacial score (nSPS) is 11.0. The minimum Gasteiger partial charge on any atom is -0.372 e.